The standard InChI is InChI=1S/C31H41FN2O6S2/c1-4-6-14-31(15-7-5-2)19-34(23-12-10-22(11-13-23)33-29(35)21-8-9-21)25-16-27(41-3)26(40-18-24(32)30(36)37)17-28(25)42(38,39)20-31/h10-13,16-18,21,38-39H,4-9,14-15,19-20H2,1-3H3,(H,33,35)(H,36,37)/b24-18-. The van der Waals surface area contributed by atoms with E-state index in [0.717, 1.165) is 57.1 Å². The van der Waals surface area contributed by atoms with Crippen LogP contribution in [0.1, 0.15) is 65.2 Å². The average molecular weight is 621 g/mol. The van der Waals surface area contributed by atoms with Crippen molar-refractivity contribution in [3.8, 4) is 5.75 Å². The molecule has 0 unspecified atom stereocenters. The number of carboxylic acids is 1. The largest absolute Gasteiger partial charge is 0.476 e. The van der Waals surface area contributed by atoms with Crippen LogP contribution in [-0.2, 0) is 9.59 Å². The van der Waals surface area contributed by atoms with Gasteiger partial charge in [-0.05, 0) is 62.3 Å². The average Bonchev–Trinajstić information content (AvgIpc) is 3.82. The first kappa shape index (κ1) is 32.2. The van der Waals surface area contributed by atoms with Crippen LogP contribution in [0.2, 0.25) is 0 Å². The number of benzene rings is 2. The molecule has 0 bridgehead atoms. The summed E-state index contributed by atoms with van der Waals surface area (Å²) in [5.41, 5.74) is 1.77. The summed E-state index contributed by atoms with van der Waals surface area (Å²) in [6, 6.07) is 10.9. The molecule has 2 aromatic rings. The molecule has 4 rings (SSSR count). The van der Waals surface area contributed by atoms with E-state index in [4.69, 9.17) is 9.84 Å². The molecule has 4 N–H and O–H groups in total. The van der Waals surface area contributed by atoms with Crippen molar-refractivity contribution in [2.24, 2.45) is 11.3 Å². The number of amides is 1. The maximum Gasteiger partial charge on any atom is 0.368 e. The number of unbranched alkanes of at least 4 members (excludes halogenated alkanes) is 2. The van der Waals surface area contributed by atoms with Gasteiger partial charge in [0, 0.05) is 41.1 Å². The second kappa shape index (κ2) is 13.7. The van der Waals surface area contributed by atoms with Gasteiger partial charge in [-0.15, -0.1) is 11.8 Å². The van der Waals surface area contributed by atoms with Crippen LogP contribution >= 0.6 is 22.4 Å². The molecule has 1 heterocycles. The number of carboxylic acid groups (broad SMARTS) is 1. The van der Waals surface area contributed by atoms with Crippen molar-refractivity contribution in [1.82, 2.24) is 0 Å². The van der Waals surface area contributed by atoms with Crippen molar-refractivity contribution in [3.63, 3.8) is 0 Å². The summed E-state index contributed by atoms with van der Waals surface area (Å²) in [5, 5.41) is 11.9. The number of ether oxygens (including phenoxy) is 1. The van der Waals surface area contributed by atoms with Crippen molar-refractivity contribution < 1.29 is 32.9 Å². The van der Waals surface area contributed by atoms with Gasteiger partial charge in [0.05, 0.1) is 15.5 Å². The van der Waals surface area contributed by atoms with Crippen LogP contribution in [0.15, 0.2) is 58.3 Å². The quantitative estimate of drug-likeness (QED) is 0.0998. The minimum Gasteiger partial charge on any atom is -0.476 e. The van der Waals surface area contributed by atoms with Crippen LogP contribution in [0.3, 0.4) is 0 Å². The highest BCUT2D eigenvalue weighted by atomic mass is 32.3. The van der Waals surface area contributed by atoms with Crippen LogP contribution < -0.4 is 15.0 Å². The molecule has 1 aliphatic carbocycles. The maximum atomic E-state index is 13.8. The van der Waals surface area contributed by atoms with Crippen molar-refractivity contribution in [2.75, 3.05) is 28.8 Å². The van der Waals surface area contributed by atoms with Crippen LogP contribution in [0.4, 0.5) is 21.5 Å². The number of carbonyl (C=O) groups is 2. The summed E-state index contributed by atoms with van der Waals surface area (Å²) >= 11 is 1.33. The Hall–Kier alpha value is -2.73. The number of fused-ring (bicyclic) bond motifs is 1. The van der Waals surface area contributed by atoms with Gasteiger partial charge in [-0.2, -0.15) is 15.0 Å². The SMILES string of the molecule is CCCCC1(CCCC)CN(c2ccc(NC(=O)C3CC3)cc2)c2cc(SC)c(O/C=C(\F)C(=O)O)cc2S(O)(O)C1. The molecule has 0 spiro atoms. The zero-order valence-corrected chi connectivity index (χ0v) is 26.0. The molecule has 230 valence electrons. The Morgan fingerprint density at radius 3 is 2.33 bits per heavy atom. The minimum absolute atomic E-state index is 0.0282. The zero-order valence-electron chi connectivity index (χ0n) is 24.4. The van der Waals surface area contributed by atoms with Crippen LogP contribution in [0.5, 0.6) is 5.75 Å². The summed E-state index contributed by atoms with van der Waals surface area (Å²) < 4.78 is 42.8. The number of carbonyl (C=O) groups excluding carboxylic acids is 1. The number of hydrogen-bond acceptors (Lipinski definition) is 7. The van der Waals surface area contributed by atoms with E-state index in [1.54, 1.807) is 6.07 Å². The van der Waals surface area contributed by atoms with Crippen molar-refractivity contribution >= 4 is 51.3 Å². The third-order valence-corrected chi connectivity index (χ3v) is 10.7. The lowest BCUT2D eigenvalue weighted by atomic mass is 9.79. The number of nitrogens with one attached hydrogen (secondary N) is 1. The predicted molar refractivity (Wildman–Crippen MR) is 168 cm³/mol. The second-order valence-electron chi connectivity index (χ2n) is 11.3. The summed E-state index contributed by atoms with van der Waals surface area (Å²) in [6.07, 6.45) is 9.66. The Labute approximate surface area is 253 Å². The van der Waals surface area contributed by atoms with Gasteiger partial charge in [-0.1, -0.05) is 39.5 Å². The van der Waals surface area contributed by atoms with Crippen LogP contribution in [0.25, 0.3) is 0 Å². The molecule has 1 aliphatic heterocycles. The Balaban J connectivity index is 1.83. The molecule has 0 aromatic heterocycles. The molecule has 0 saturated heterocycles. The lowest BCUT2D eigenvalue weighted by Gasteiger charge is -2.42. The number of thioether (sulfide) groups is 1. The van der Waals surface area contributed by atoms with E-state index in [0.29, 0.717) is 29.1 Å². The first-order chi connectivity index (χ1) is 20.0. The highest BCUT2D eigenvalue weighted by Gasteiger charge is 2.42. The van der Waals surface area contributed by atoms with Gasteiger partial charge in [0.1, 0.15) is 12.0 Å². The normalized spacial score (nSPS) is 18.5. The molecule has 42 heavy (non-hydrogen) atoms. The van der Waals surface area contributed by atoms with Crippen molar-refractivity contribution in [2.45, 2.75) is 75.0 Å². The van der Waals surface area contributed by atoms with Gasteiger partial charge >= 0.3 is 5.97 Å². The van der Waals surface area contributed by atoms with E-state index < -0.39 is 27.8 Å². The van der Waals surface area contributed by atoms with Gasteiger partial charge < -0.3 is 20.1 Å². The van der Waals surface area contributed by atoms with E-state index in [-0.39, 0.29) is 28.2 Å². The minimum atomic E-state index is -3.34. The fourth-order valence-electron chi connectivity index (χ4n) is 5.47. The molecule has 11 heteroatoms. The monoisotopic (exact) mass is 620 g/mol. The molecule has 1 amide bonds. The van der Waals surface area contributed by atoms with E-state index in [9.17, 15) is 23.1 Å². The highest BCUT2D eigenvalue weighted by molar-refractivity contribution is 8.24. The zero-order chi connectivity index (χ0) is 30.5. The number of hydrogen-bond donors (Lipinski definition) is 4. The molecule has 2 aliphatic rings. The van der Waals surface area contributed by atoms with E-state index in [2.05, 4.69) is 24.1 Å². The first-order valence-corrected chi connectivity index (χ1v) is 17.4. The van der Waals surface area contributed by atoms with Gasteiger partial charge in [0.2, 0.25) is 11.7 Å². The molecule has 8 nitrogen and oxygen atoms in total. The molecule has 2 aromatic carbocycles. The summed E-state index contributed by atoms with van der Waals surface area (Å²) in [6.45, 7) is 4.81. The number of anilines is 3. The van der Waals surface area contributed by atoms with Crippen LogP contribution in [-0.4, -0.2) is 44.6 Å². The Morgan fingerprint density at radius 1 is 1.14 bits per heavy atom. The summed E-state index contributed by atoms with van der Waals surface area (Å²) in [5.74, 6) is -2.77. The molecule has 0 radical (unpaired) electrons. The predicted octanol–water partition coefficient (Wildman–Crippen LogP) is 8.66. The Morgan fingerprint density at radius 2 is 1.79 bits per heavy atom. The summed E-state index contributed by atoms with van der Waals surface area (Å²) in [4.78, 5) is 26.3. The van der Waals surface area contributed by atoms with Crippen molar-refractivity contribution in [1.29, 1.82) is 0 Å². The van der Waals surface area contributed by atoms with Crippen molar-refractivity contribution in [3.05, 3.63) is 48.5 Å². The first-order valence-electron chi connectivity index (χ1n) is 14.4. The number of halogens is 1. The van der Waals surface area contributed by atoms with Gasteiger partial charge in [-0.25, -0.2) is 4.79 Å². The lowest BCUT2D eigenvalue weighted by molar-refractivity contribution is -0.134. The van der Waals surface area contributed by atoms with E-state index >= 15 is 0 Å². The second-order valence-corrected chi connectivity index (χ2v) is 14.2. The molecule has 0 atom stereocenters. The number of aliphatic carboxylic acids is 1. The smallest absolute Gasteiger partial charge is 0.368 e. The molecule has 1 saturated carbocycles. The Kier molecular flexibility index (Phi) is 10.5. The van der Waals surface area contributed by atoms with E-state index in [1.807, 2.05) is 30.5 Å². The molecule has 1 fully saturated rings. The van der Waals surface area contributed by atoms with Gasteiger partial charge in [0.15, 0.2) is 0 Å². The maximum absolute atomic E-state index is 13.8. The number of nitrogens with zero attached hydrogens (tertiary/aromatic N) is 1. The highest BCUT2D eigenvalue weighted by Crippen LogP contribution is 2.62. The lowest BCUT2D eigenvalue weighted by Crippen LogP contribution is -2.37. The fraction of sp³-hybridized carbons (Fsp3) is 0.484. The van der Waals surface area contributed by atoms with Gasteiger partial charge in [-0.3, -0.25) is 13.9 Å². The Bertz CT molecular complexity index is 1310. The van der Waals surface area contributed by atoms with Gasteiger partial charge in [0.25, 0.3) is 0 Å². The third-order valence-electron chi connectivity index (χ3n) is 7.90. The molecular weight excluding hydrogens is 579 g/mol. The number of rotatable bonds is 13. The fourth-order valence-corrected chi connectivity index (χ4v) is 8.19. The topological polar surface area (TPSA) is 119 Å². The third kappa shape index (κ3) is 7.61. The van der Waals surface area contributed by atoms with E-state index in [1.165, 1.54) is 17.8 Å². The summed E-state index contributed by atoms with van der Waals surface area (Å²) in [7, 11) is -3.34. The molecular formula is C31H41FN2O6S2. The van der Waals surface area contributed by atoms with Crippen LogP contribution in [0, 0.1) is 11.3 Å².